The predicted molar refractivity (Wildman–Crippen MR) is 94.8 cm³/mol. The molecule has 0 saturated carbocycles. The second kappa shape index (κ2) is 6.75. The first-order chi connectivity index (χ1) is 12.4. The zero-order valence-electron chi connectivity index (χ0n) is 14.5. The van der Waals surface area contributed by atoms with Crippen molar-refractivity contribution >= 4 is 28.7 Å². The van der Waals surface area contributed by atoms with Crippen LogP contribution in [0.3, 0.4) is 0 Å². The first-order valence-corrected chi connectivity index (χ1v) is 7.88. The van der Waals surface area contributed by atoms with Crippen LogP contribution in [-0.2, 0) is 4.74 Å². The Hall–Kier alpha value is -3.55. The Labute approximate surface area is 148 Å². The number of aromatic nitrogens is 2. The number of amides is 2. The molecule has 134 valence electrons. The van der Waals surface area contributed by atoms with Crippen molar-refractivity contribution in [2.45, 2.75) is 13.8 Å². The number of fused-ring (bicyclic) bond motifs is 1. The molecule has 2 heterocycles. The molecule has 0 radical (unpaired) electrons. The summed E-state index contributed by atoms with van der Waals surface area (Å²) in [5.74, 6) is -1.54. The fourth-order valence-corrected chi connectivity index (χ4v) is 2.89. The summed E-state index contributed by atoms with van der Waals surface area (Å²) in [5.41, 5.74) is 7.43. The zero-order valence-corrected chi connectivity index (χ0v) is 14.5. The van der Waals surface area contributed by atoms with Crippen LogP contribution in [0.15, 0.2) is 30.5 Å². The van der Waals surface area contributed by atoms with Crippen molar-refractivity contribution in [2.24, 2.45) is 0 Å². The summed E-state index contributed by atoms with van der Waals surface area (Å²) in [5, 5.41) is 0.749. The number of carbonyl (C=O) groups excluding carboxylic acids is 3. The van der Waals surface area contributed by atoms with Crippen LogP contribution in [0.2, 0.25) is 0 Å². The zero-order chi connectivity index (χ0) is 18.8. The number of hydrogen-bond acceptors (Lipinski definition) is 4. The maximum absolute atomic E-state index is 12.4. The summed E-state index contributed by atoms with van der Waals surface area (Å²) < 4.78 is 4.72. The Balaban J connectivity index is 1.75. The third kappa shape index (κ3) is 2.92. The number of aromatic amines is 2. The van der Waals surface area contributed by atoms with Gasteiger partial charge in [-0.05, 0) is 25.5 Å². The normalized spacial score (nSPS) is 10.6. The minimum Gasteiger partial charge on any atom is -0.465 e. The van der Waals surface area contributed by atoms with E-state index in [-0.39, 0.29) is 5.69 Å². The van der Waals surface area contributed by atoms with Gasteiger partial charge in [-0.3, -0.25) is 20.4 Å². The summed E-state index contributed by atoms with van der Waals surface area (Å²) in [7, 11) is 1.27. The molecule has 2 amide bonds. The van der Waals surface area contributed by atoms with Crippen LogP contribution in [0.1, 0.15) is 42.5 Å². The van der Waals surface area contributed by atoms with Gasteiger partial charge in [0.2, 0.25) is 0 Å². The lowest BCUT2D eigenvalue weighted by atomic mass is 10.1. The third-order valence-corrected chi connectivity index (χ3v) is 4.18. The summed E-state index contributed by atoms with van der Waals surface area (Å²) in [6.07, 6.45) is 1.57. The Morgan fingerprint density at radius 2 is 1.73 bits per heavy atom. The van der Waals surface area contributed by atoms with E-state index in [2.05, 4.69) is 20.8 Å². The van der Waals surface area contributed by atoms with Gasteiger partial charge in [-0.2, -0.15) is 0 Å². The van der Waals surface area contributed by atoms with E-state index >= 15 is 0 Å². The number of carbonyl (C=O) groups is 3. The lowest BCUT2D eigenvalue weighted by Crippen LogP contribution is -2.42. The van der Waals surface area contributed by atoms with Gasteiger partial charge >= 0.3 is 5.97 Å². The highest BCUT2D eigenvalue weighted by Gasteiger charge is 2.23. The van der Waals surface area contributed by atoms with Crippen LogP contribution in [0, 0.1) is 13.8 Å². The number of para-hydroxylation sites is 1. The van der Waals surface area contributed by atoms with Crippen molar-refractivity contribution in [2.75, 3.05) is 7.11 Å². The molecule has 0 fully saturated rings. The maximum atomic E-state index is 12.4. The lowest BCUT2D eigenvalue weighted by molar-refractivity contribution is 0.0599. The van der Waals surface area contributed by atoms with Crippen molar-refractivity contribution in [1.82, 2.24) is 20.8 Å². The number of rotatable bonds is 3. The fourth-order valence-electron chi connectivity index (χ4n) is 2.89. The quantitative estimate of drug-likeness (QED) is 0.425. The minimum absolute atomic E-state index is 0.183. The van der Waals surface area contributed by atoms with Crippen LogP contribution in [0.4, 0.5) is 0 Å². The first-order valence-electron chi connectivity index (χ1n) is 7.88. The highest BCUT2D eigenvalue weighted by atomic mass is 16.5. The molecule has 0 aliphatic rings. The third-order valence-electron chi connectivity index (χ3n) is 4.18. The Morgan fingerprint density at radius 3 is 2.46 bits per heavy atom. The van der Waals surface area contributed by atoms with Crippen LogP contribution in [0.25, 0.3) is 10.9 Å². The number of esters is 1. The molecule has 3 aromatic rings. The largest absolute Gasteiger partial charge is 0.465 e. The van der Waals surface area contributed by atoms with E-state index in [4.69, 9.17) is 4.74 Å². The van der Waals surface area contributed by atoms with E-state index in [1.807, 2.05) is 24.3 Å². The van der Waals surface area contributed by atoms with E-state index in [1.165, 1.54) is 7.11 Å². The second-order valence-corrected chi connectivity index (χ2v) is 5.77. The molecular formula is C18H18N4O4. The number of H-pyrrole nitrogens is 2. The van der Waals surface area contributed by atoms with Crippen molar-refractivity contribution in [3.05, 3.63) is 58.5 Å². The average molecular weight is 354 g/mol. The maximum Gasteiger partial charge on any atom is 0.339 e. The molecule has 3 rings (SSSR count). The summed E-state index contributed by atoms with van der Waals surface area (Å²) in [4.78, 5) is 42.3. The molecule has 0 atom stereocenters. The number of hydrazine groups is 1. The molecule has 4 N–H and O–H groups in total. The number of hydrogen-bond donors (Lipinski definition) is 4. The molecule has 8 heteroatoms. The number of aryl methyl sites for hydroxylation is 1. The summed E-state index contributed by atoms with van der Waals surface area (Å²) >= 11 is 0. The molecule has 26 heavy (non-hydrogen) atoms. The Bertz CT molecular complexity index is 1020. The number of nitrogens with one attached hydrogen (secondary N) is 4. The first kappa shape index (κ1) is 17.3. The van der Waals surface area contributed by atoms with Gasteiger partial charge in [0.05, 0.1) is 18.2 Å². The van der Waals surface area contributed by atoms with E-state index in [1.54, 1.807) is 20.0 Å². The topological polar surface area (TPSA) is 116 Å². The molecule has 8 nitrogen and oxygen atoms in total. The van der Waals surface area contributed by atoms with Gasteiger partial charge < -0.3 is 14.7 Å². The van der Waals surface area contributed by atoms with E-state index in [0.29, 0.717) is 22.4 Å². The van der Waals surface area contributed by atoms with Gasteiger partial charge in [0.25, 0.3) is 11.8 Å². The molecule has 0 unspecified atom stereocenters. The SMILES string of the molecule is COC(=O)c1c(C)[nH]c(C(=O)NNC(=O)c2c[nH]c3ccccc23)c1C. The van der Waals surface area contributed by atoms with Gasteiger partial charge in [-0.1, -0.05) is 18.2 Å². The van der Waals surface area contributed by atoms with Crippen LogP contribution in [0.5, 0.6) is 0 Å². The predicted octanol–water partition coefficient (Wildman–Crippen LogP) is 1.97. The van der Waals surface area contributed by atoms with Crippen molar-refractivity contribution < 1.29 is 19.1 Å². The van der Waals surface area contributed by atoms with Gasteiger partial charge in [0.15, 0.2) is 0 Å². The molecule has 0 saturated heterocycles. The average Bonchev–Trinajstić information content (AvgIpc) is 3.20. The Kier molecular flexibility index (Phi) is 4.49. The van der Waals surface area contributed by atoms with Crippen LogP contribution < -0.4 is 10.9 Å². The molecule has 2 aromatic heterocycles. The number of methoxy groups -OCH3 is 1. The monoisotopic (exact) mass is 354 g/mol. The minimum atomic E-state index is -0.561. The van der Waals surface area contributed by atoms with Gasteiger partial charge in [-0.25, -0.2) is 4.79 Å². The van der Waals surface area contributed by atoms with E-state index < -0.39 is 17.8 Å². The number of ether oxygens (including phenoxy) is 1. The smallest absolute Gasteiger partial charge is 0.339 e. The highest BCUT2D eigenvalue weighted by molar-refractivity contribution is 6.08. The summed E-state index contributed by atoms with van der Waals surface area (Å²) in [6.45, 7) is 3.30. The molecule has 0 aliphatic heterocycles. The van der Waals surface area contributed by atoms with Crippen molar-refractivity contribution in [1.29, 1.82) is 0 Å². The van der Waals surface area contributed by atoms with E-state index in [9.17, 15) is 14.4 Å². The van der Waals surface area contributed by atoms with Crippen LogP contribution in [-0.4, -0.2) is 34.9 Å². The molecule has 1 aromatic carbocycles. The van der Waals surface area contributed by atoms with Crippen molar-refractivity contribution in [3.8, 4) is 0 Å². The van der Waals surface area contributed by atoms with Gasteiger partial charge in [0, 0.05) is 22.8 Å². The van der Waals surface area contributed by atoms with E-state index in [0.717, 1.165) is 10.9 Å². The Morgan fingerprint density at radius 1 is 1.04 bits per heavy atom. The molecule has 0 spiro atoms. The van der Waals surface area contributed by atoms with Crippen LogP contribution >= 0.6 is 0 Å². The summed E-state index contributed by atoms with van der Waals surface area (Å²) in [6, 6.07) is 7.34. The fraction of sp³-hybridized carbons (Fsp3) is 0.167. The standard InChI is InChI=1S/C18H18N4O4/c1-9-14(18(25)26-3)10(2)20-15(9)17(24)22-21-16(23)12-8-19-13-7-5-4-6-11(12)13/h4-8,19-20H,1-3H3,(H,21,23)(H,22,24). The second-order valence-electron chi connectivity index (χ2n) is 5.77. The number of benzene rings is 1. The van der Waals surface area contributed by atoms with Gasteiger partial charge in [0.1, 0.15) is 5.69 Å². The molecule has 0 aliphatic carbocycles. The molecular weight excluding hydrogens is 336 g/mol. The molecule has 0 bridgehead atoms. The lowest BCUT2D eigenvalue weighted by Gasteiger charge is -2.07. The highest BCUT2D eigenvalue weighted by Crippen LogP contribution is 2.19. The van der Waals surface area contributed by atoms with Gasteiger partial charge in [-0.15, -0.1) is 0 Å². The van der Waals surface area contributed by atoms with Crippen molar-refractivity contribution in [3.63, 3.8) is 0 Å².